The molecule has 9 rings (SSSR count). The second-order valence-corrected chi connectivity index (χ2v) is 31.0. The molecule has 32 nitrogen and oxygen atoms in total. The van der Waals surface area contributed by atoms with Crippen molar-refractivity contribution >= 4 is 103 Å². The molecule has 3 aliphatic rings. The van der Waals surface area contributed by atoms with Gasteiger partial charge in [-0.15, -0.1) is 10.2 Å². The first kappa shape index (κ1) is 71.9. The van der Waals surface area contributed by atoms with Gasteiger partial charge in [-0.25, -0.2) is 13.4 Å². The molecule has 516 valence electrons. The molecule has 6 aromatic rings. The summed E-state index contributed by atoms with van der Waals surface area (Å²) in [5.74, 6) is -1.13. The summed E-state index contributed by atoms with van der Waals surface area (Å²) in [6, 6.07) is 11.1. The van der Waals surface area contributed by atoms with E-state index in [0.717, 1.165) is 6.07 Å². The first-order chi connectivity index (χ1) is 45.0. The molecule has 0 spiro atoms. The van der Waals surface area contributed by atoms with E-state index in [2.05, 4.69) is 46.3 Å². The summed E-state index contributed by atoms with van der Waals surface area (Å²) in [5, 5.41) is 26.0. The average molecular weight is 1430 g/mol. The number of fused-ring (bicyclic) bond motifs is 2. The lowest BCUT2D eigenvalue weighted by atomic mass is 9.77. The van der Waals surface area contributed by atoms with Crippen LogP contribution in [0.15, 0.2) is 118 Å². The lowest BCUT2D eigenvalue weighted by molar-refractivity contribution is -0.437. The fourth-order valence-electron chi connectivity index (χ4n) is 12.4. The van der Waals surface area contributed by atoms with Gasteiger partial charge >= 0.3 is 0 Å². The minimum atomic E-state index is -5.72. The molecular formula is C59H72N14O18S5. The van der Waals surface area contributed by atoms with Crippen molar-refractivity contribution in [1.29, 1.82) is 0 Å². The molecule has 3 aromatic heterocycles. The monoisotopic (exact) mass is 1420 g/mol. The molecule has 3 aromatic carbocycles. The zero-order chi connectivity index (χ0) is 69.9. The van der Waals surface area contributed by atoms with E-state index in [1.54, 1.807) is 102 Å². The van der Waals surface area contributed by atoms with Crippen molar-refractivity contribution in [2.24, 2.45) is 7.05 Å². The Kier molecular flexibility index (Phi) is 21.2. The Labute approximate surface area is 555 Å². The highest BCUT2D eigenvalue weighted by Gasteiger charge is 2.48. The van der Waals surface area contributed by atoms with Crippen LogP contribution in [-0.2, 0) is 73.3 Å². The van der Waals surface area contributed by atoms with Gasteiger partial charge in [-0.1, -0.05) is 37.1 Å². The highest BCUT2D eigenvalue weighted by molar-refractivity contribution is 7.89. The van der Waals surface area contributed by atoms with E-state index >= 15 is 0 Å². The lowest BCUT2D eigenvalue weighted by Gasteiger charge is -2.32. The van der Waals surface area contributed by atoms with Gasteiger partial charge in [-0.3, -0.25) is 37.2 Å². The maximum atomic E-state index is 13.8. The molecule has 0 radical (unpaired) electrons. The number of likely N-dealkylation sites (tertiary alicyclic amines) is 1. The predicted octanol–water partition coefficient (Wildman–Crippen LogP) is 5.64. The summed E-state index contributed by atoms with van der Waals surface area (Å²) >= 11 is 0. The van der Waals surface area contributed by atoms with Gasteiger partial charge in [0.25, 0.3) is 46.4 Å². The van der Waals surface area contributed by atoms with Crippen molar-refractivity contribution in [2.75, 3.05) is 67.4 Å². The van der Waals surface area contributed by atoms with Crippen molar-refractivity contribution in [3.8, 4) is 17.1 Å². The largest absolute Gasteiger partial charge is 0.744 e. The quantitative estimate of drug-likeness (QED) is 0.0135. The van der Waals surface area contributed by atoms with Crippen LogP contribution in [0.3, 0.4) is 0 Å². The summed E-state index contributed by atoms with van der Waals surface area (Å²) in [7, 11) is -20.0. The predicted molar refractivity (Wildman–Crippen MR) is 349 cm³/mol. The number of nitrogens with zero attached hydrogens (tertiary/aromatic N) is 11. The van der Waals surface area contributed by atoms with Gasteiger partial charge in [0.05, 0.1) is 63.0 Å². The summed E-state index contributed by atoms with van der Waals surface area (Å²) in [4.78, 5) is 36.1. The number of allylic oxidation sites excluding steroid dienone is 6. The number of piperidine rings is 1. The van der Waals surface area contributed by atoms with Crippen LogP contribution in [0.5, 0.6) is 5.75 Å². The summed E-state index contributed by atoms with van der Waals surface area (Å²) in [5.41, 5.74) is 0.348. The van der Waals surface area contributed by atoms with Crippen LogP contribution in [0.4, 0.5) is 34.5 Å². The van der Waals surface area contributed by atoms with E-state index < -0.39 is 88.6 Å². The molecule has 0 bridgehead atoms. The molecule has 0 aliphatic carbocycles. The average Bonchev–Trinajstić information content (AvgIpc) is 1.54. The van der Waals surface area contributed by atoms with Gasteiger partial charge in [0.15, 0.2) is 28.8 Å². The minimum Gasteiger partial charge on any atom is -0.744 e. The van der Waals surface area contributed by atoms with Crippen molar-refractivity contribution in [3.05, 3.63) is 120 Å². The van der Waals surface area contributed by atoms with Crippen LogP contribution in [0.1, 0.15) is 106 Å². The third-order valence-corrected chi connectivity index (χ3v) is 21.3. The number of nitrogens with one attached hydrogen (secondary N) is 3. The first-order valence-corrected chi connectivity index (χ1v) is 37.5. The van der Waals surface area contributed by atoms with E-state index in [0.29, 0.717) is 84.2 Å². The number of amides is 2. The number of carbonyl (C=O) groups excluding carboxylic acids is 2. The van der Waals surface area contributed by atoms with Crippen molar-refractivity contribution in [1.82, 2.24) is 49.9 Å². The number of benzene rings is 3. The van der Waals surface area contributed by atoms with Gasteiger partial charge in [0.2, 0.25) is 17.5 Å². The number of carbonyl (C=O) groups is 2. The Bertz CT molecular complexity index is 4740. The number of rotatable bonds is 28. The molecule has 2 amide bonds. The second-order valence-electron chi connectivity index (χ2n) is 23.8. The van der Waals surface area contributed by atoms with Crippen LogP contribution < -0.4 is 25.6 Å². The fraction of sp³-hybridized carbons (Fsp3) is 0.407. The minimum absolute atomic E-state index is 0.000716. The van der Waals surface area contributed by atoms with Crippen LogP contribution in [0, 0.1) is 0 Å². The lowest BCUT2D eigenvalue weighted by Crippen LogP contribution is -2.39. The van der Waals surface area contributed by atoms with E-state index in [1.807, 2.05) is 0 Å². The van der Waals surface area contributed by atoms with Crippen LogP contribution in [0.25, 0.3) is 11.4 Å². The molecule has 1 saturated heterocycles. The highest BCUT2D eigenvalue weighted by Crippen LogP contribution is 2.55. The Balaban J connectivity index is 0.898. The first-order valence-electron chi connectivity index (χ1n) is 30.0. The number of ether oxygens (including phenoxy) is 1. The summed E-state index contributed by atoms with van der Waals surface area (Å²) in [6.07, 6.45) is 14.6. The molecule has 6 heterocycles. The van der Waals surface area contributed by atoms with Crippen LogP contribution in [-0.4, -0.2) is 183 Å². The van der Waals surface area contributed by atoms with Gasteiger partial charge in [0.1, 0.15) is 27.9 Å². The molecule has 0 saturated carbocycles. The van der Waals surface area contributed by atoms with Crippen LogP contribution >= 0.6 is 0 Å². The molecule has 1 atom stereocenters. The molecule has 96 heavy (non-hydrogen) atoms. The van der Waals surface area contributed by atoms with E-state index in [1.165, 1.54) is 55.5 Å². The highest BCUT2D eigenvalue weighted by atomic mass is 32.2. The fourth-order valence-corrected chi connectivity index (χ4v) is 16.0. The maximum absolute atomic E-state index is 13.8. The molecule has 37 heteroatoms. The normalized spacial score (nSPS) is 17.4. The number of methoxy groups -OCH3 is 1. The van der Waals surface area contributed by atoms with Crippen molar-refractivity contribution in [3.63, 3.8) is 0 Å². The maximum Gasteiger partial charge on any atom is 0.295 e. The zero-order valence-corrected chi connectivity index (χ0v) is 57.0. The third-order valence-electron chi connectivity index (χ3n) is 16.8. The zero-order valence-electron chi connectivity index (χ0n) is 52.9. The Morgan fingerprint density at radius 1 is 0.844 bits per heavy atom. The number of para-hydroxylation sites is 1. The van der Waals surface area contributed by atoms with E-state index in [9.17, 15) is 74.4 Å². The smallest absolute Gasteiger partial charge is 0.295 e. The number of hydrogen-bond donors (Lipinski definition) is 7. The Morgan fingerprint density at radius 3 is 2.21 bits per heavy atom. The van der Waals surface area contributed by atoms with Gasteiger partial charge in [-0.2, -0.15) is 53.4 Å². The standard InChI is InChI=1S/C59H72N14O18S5/c1-58(2)42-34-40(94(82,83)84)21-22-44(42)71(28-14-32-92(76,77)78)47(58)18-9-7-10-19-48-59(3,50-45(72(48)29-15-33-93(79,80)81)23-24-46(95(85,86)87)53(50)96(88,89)90)27-12-8-11-20-49(74)70-30-25-39(26-31-70)73-36-38(35-62-73)63-57-65-55(51(66-67-57)56(75)60-4)64-43-17-13-16-41(52(43)91-6)54-61-37-69(5)68-54/h7,9-10,13,16-19,21-24,34-37,39H,8,11-12,14-15,20,25-33H2,1-6H3,(H7-,60,63,64,65,67,75,76,77,78,79,80,81,82,83,84,85,86,87,88,89,90). The number of hydrogen-bond acceptors (Lipinski definition) is 23. The third kappa shape index (κ3) is 16.3. The van der Waals surface area contributed by atoms with Gasteiger partial charge in [-0.05, 0) is 95.3 Å². The number of aromatic nitrogens is 8. The van der Waals surface area contributed by atoms with Crippen molar-refractivity contribution < 1.29 is 83.8 Å². The van der Waals surface area contributed by atoms with E-state index in [-0.39, 0.29) is 96.4 Å². The molecule has 7 N–H and O–H groups in total. The Morgan fingerprint density at radius 2 is 1.56 bits per heavy atom. The SMILES string of the molecule is CNC(=O)c1nnc(Nc2cnn(C3CCN(C(=O)CCCCCC4(C)C(=CC=CC=CC5=[N+](CCCS(=O)(=O)O)c6ccc(S(=O)(=O)O)cc6C5(C)C)N(CCCS(=O)(=O)O)c5ccc(S(=O)(=O)O)c(S(=O)(=O)[O-])c54)CC3)c2)nc1Nc1cccc(-c2ncn(C)n2)c1OC. The summed E-state index contributed by atoms with van der Waals surface area (Å²) < 4.78 is 188. The molecular weight excluding hydrogens is 1350 g/mol. The van der Waals surface area contributed by atoms with Crippen LogP contribution in [0.2, 0.25) is 0 Å². The molecule has 1 fully saturated rings. The molecule has 1 unspecified atom stereocenters. The van der Waals surface area contributed by atoms with E-state index in [4.69, 9.17) is 4.74 Å². The molecule has 3 aliphatic heterocycles. The van der Waals surface area contributed by atoms with Gasteiger partial charge < -0.3 is 35.0 Å². The van der Waals surface area contributed by atoms with Gasteiger partial charge in [0, 0.05) is 92.8 Å². The second kappa shape index (κ2) is 28.4. The summed E-state index contributed by atoms with van der Waals surface area (Å²) in [6.45, 7) is 5.72. The van der Waals surface area contributed by atoms with Crippen molar-refractivity contribution in [2.45, 2.75) is 110 Å². The number of anilines is 5. The topological polar surface area (TPSA) is 451 Å². The number of unbranched alkanes of at least 4 members (excludes halogenated alkanes) is 2. The number of aryl methyl sites for hydroxylation is 1. The Hall–Kier alpha value is -8.40.